The number of nitrogens with zero attached hydrogens (tertiary/aromatic N) is 4. The smallest absolute Gasteiger partial charge is 0.367 e. The van der Waals surface area contributed by atoms with Crippen molar-refractivity contribution in [3.63, 3.8) is 0 Å². The molecular formula is C10H12N4O3. The summed E-state index contributed by atoms with van der Waals surface area (Å²) in [5, 5.41) is 8.35. The van der Waals surface area contributed by atoms with E-state index in [9.17, 15) is 9.59 Å². The zero-order chi connectivity index (χ0) is 12.7. The predicted molar refractivity (Wildman–Crippen MR) is 55.8 cm³/mol. The maximum atomic E-state index is 11.5. The van der Waals surface area contributed by atoms with Gasteiger partial charge in [0.25, 0.3) is 0 Å². The fourth-order valence-electron chi connectivity index (χ4n) is 1.50. The van der Waals surface area contributed by atoms with Gasteiger partial charge in [0.2, 0.25) is 0 Å². The summed E-state index contributed by atoms with van der Waals surface area (Å²) < 4.78 is 4.50. The van der Waals surface area contributed by atoms with Crippen LogP contribution in [0.1, 0.15) is 25.7 Å². The van der Waals surface area contributed by atoms with E-state index in [0.29, 0.717) is 13.1 Å². The van der Waals surface area contributed by atoms with Gasteiger partial charge in [-0.25, -0.2) is 9.59 Å². The molecule has 1 aliphatic heterocycles. The maximum Gasteiger partial charge on any atom is 0.426 e. The summed E-state index contributed by atoms with van der Waals surface area (Å²) in [6.07, 6.45) is 1.65. The number of rotatable bonds is 2. The van der Waals surface area contributed by atoms with Crippen molar-refractivity contribution in [1.29, 1.82) is 5.26 Å². The Hall–Kier alpha value is -2.19. The Morgan fingerprint density at radius 1 is 1.35 bits per heavy atom. The van der Waals surface area contributed by atoms with Gasteiger partial charge in [0, 0.05) is 13.1 Å². The van der Waals surface area contributed by atoms with Crippen LogP contribution in [0.4, 0.5) is 4.79 Å². The molecule has 0 aliphatic carbocycles. The SMILES string of the molecule is N#CCC(=[N+]=[N-])C(=O)OC(=O)N1CCCCC1. The monoisotopic (exact) mass is 236 g/mol. The molecule has 1 rings (SSSR count). The zero-order valence-electron chi connectivity index (χ0n) is 9.26. The molecule has 1 heterocycles. The predicted octanol–water partition coefficient (Wildman–Crippen LogP) is 0.720. The minimum absolute atomic E-state index is 0.400. The molecule has 7 nitrogen and oxygen atoms in total. The number of piperidine rings is 1. The standard InChI is InChI=1S/C10H12N4O3/c11-5-4-8(13-12)9(15)17-10(16)14-6-2-1-3-7-14/h1-4,6-7H2. The van der Waals surface area contributed by atoms with Crippen LogP contribution in [0.3, 0.4) is 0 Å². The Labute approximate surface area is 98.2 Å². The van der Waals surface area contributed by atoms with Crippen molar-refractivity contribution in [2.24, 2.45) is 0 Å². The molecule has 0 radical (unpaired) electrons. The maximum absolute atomic E-state index is 11.5. The van der Waals surface area contributed by atoms with Gasteiger partial charge in [0.15, 0.2) is 0 Å². The number of carbonyl (C=O) groups is 2. The second-order valence-electron chi connectivity index (χ2n) is 3.58. The molecule has 0 aromatic heterocycles. The molecular weight excluding hydrogens is 224 g/mol. The lowest BCUT2D eigenvalue weighted by molar-refractivity contribution is -0.135. The van der Waals surface area contributed by atoms with Crippen molar-refractivity contribution >= 4 is 17.8 Å². The van der Waals surface area contributed by atoms with Crippen molar-refractivity contribution in [3.8, 4) is 6.07 Å². The quantitative estimate of drug-likeness (QED) is 0.231. The van der Waals surface area contributed by atoms with Gasteiger partial charge in [0.1, 0.15) is 6.42 Å². The molecule has 7 heteroatoms. The highest BCUT2D eigenvalue weighted by atomic mass is 16.6. The van der Waals surface area contributed by atoms with Crippen LogP contribution in [-0.4, -0.2) is 40.6 Å². The lowest BCUT2D eigenvalue weighted by Crippen LogP contribution is -2.38. The Kier molecular flexibility index (Phi) is 4.85. The Morgan fingerprint density at radius 2 is 2.00 bits per heavy atom. The van der Waals surface area contributed by atoms with Crippen molar-refractivity contribution < 1.29 is 19.1 Å². The molecule has 0 atom stereocenters. The Morgan fingerprint density at radius 3 is 2.53 bits per heavy atom. The number of likely N-dealkylation sites (tertiary alicyclic amines) is 1. The van der Waals surface area contributed by atoms with Crippen LogP contribution in [-0.2, 0) is 9.53 Å². The number of nitriles is 1. The second kappa shape index (κ2) is 6.40. The van der Waals surface area contributed by atoms with Gasteiger partial charge in [0.05, 0.1) is 6.07 Å². The molecule has 0 unspecified atom stereocenters. The van der Waals surface area contributed by atoms with Gasteiger partial charge in [-0.1, -0.05) is 0 Å². The first kappa shape index (κ1) is 12.9. The molecule has 0 spiro atoms. The van der Waals surface area contributed by atoms with Crippen molar-refractivity contribution in [2.75, 3.05) is 13.1 Å². The number of esters is 1. The summed E-state index contributed by atoms with van der Waals surface area (Å²) in [4.78, 5) is 26.8. The summed E-state index contributed by atoms with van der Waals surface area (Å²) in [6, 6.07) is 1.64. The fourth-order valence-corrected chi connectivity index (χ4v) is 1.50. The number of hydrogen-bond donors (Lipinski definition) is 0. The van der Waals surface area contributed by atoms with E-state index in [2.05, 4.69) is 9.53 Å². The molecule has 0 N–H and O–H groups in total. The summed E-state index contributed by atoms with van der Waals surface area (Å²) in [6.45, 7) is 1.10. The number of hydrogen-bond acceptors (Lipinski definition) is 4. The third-order valence-electron chi connectivity index (χ3n) is 2.40. The normalized spacial score (nSPS) is 14.4. The first-order valence-electron chi connectivity index (χ1n) is 5.28. The first-order chi connectivity index (χ1) is 8.19. The second-order valence-corrected chi connectivity index (χ2v) is 3.58. The molecule has 0 aromatic carbocycles. The summed E-state index contributed by atoms with van der Waals surface area (Å²) in [5.41, 5.74) is 7.99. The molecule has 0 bridgehead atoms. The van der Waals surface area contributed by atoms with E-state index in [0.717, 1.165) is 19.3 Å². The highest BCUT2D eigenvalue weighted by Crippen LogP contribution is 2.09. The number of carbonyl (C=O) groups excluding carboxylic acids is 2. The molecule has 90 valence electrons. The molecule has 1 amide bonds. The van der Waals surface area contributed by atoms with E-state index < -0.39 is 24.2 Å². The van der Waals surface area contributed by atoms with E-state index in [-0.39, 0.29) is 0 Å². The van der Waals surface area contributed by atoms with Crippen LogP contribution in [0, 0.1) is 11.3 Å². The molecule has 1 saturated heterocycles. The Balaban J connectivity index is 2.53. The van der Waals surface area contributed by atoms with Crippen LogP contribution < -0.4 is 0 Å². The largest absolute Gasteiger partial charge is 0.426 e. The van der Waals surface area contributed by atoms with Gasteiger partial charge in [-0.3, -0.25) is 0 Å². The highest BCUT2D eigenvalue weighted by molar-refractivity contribution is 6.35. The van der Waals surface area contributed by atoms with Gasteiger partial charge in [-0.15, -0.1) is 0 Å². The average Bonchev–Trinajstić information content (AvgIpc) is 2.36. The van der Waals surface area contributed by atoms with Crippen molar-refractivity contribution in [3.05, 3.63) is 5.53 Å². The third kappa shape index (κ3) is 3.70. The minimum Gasteiger partial charge on any atom is -0.367 e. The minimum atomic E-state index is -1.08. The van der Waals surface area contributed by atoms with Crippen molar-refractivity contribution in [2.45, 2.75) is 25.7 Å². The molecule has 0 aromatic rings. The molecule has 0 saturated carbocycles. The van der Waals surface area contributed by atoms with Crippen LogP contribution in [0.2, 0.25) is 0 Å². The van der Waals surface area contributed by atoms with Crippen LogP contribution in [0.25, 0.3) is 5.53 Å². The molecule has 1 aliphatic rings. The van der Waals surface area contributed by atoms with Crippen molar-refractivity contribution in [1.82, 2.24) is 4.90 Å². The van der Waals surface area contributed by atoms with Crippen LogP contribution in [0.5, 0.6) is 0 Å². The zero-order valence-corrected chi connectivity index (χ0v) is 9.26. The first-order valence-corrected chi connectivity index (χ1v) is 5.28. The average molecular weight is 236 g/mol. The van der Waals surface area contributed by atoms with Gasteiger partial charge in [-0.2, -0.15) is 10.1 Å². The Bertz CT molecular complexity index is 400. The summed E-state index contributed by atoms with van der Waals surface area (Å²) in [7, 11) is 0. The van der Waals surface area contributed by atoms with Gasteiger partial charge in [-0.05, 0) is 19.3 Å². The molecule has 1 fully saturated rings. The molecule has 17 heavy (non-hydrogen) atoms. The van der Waals surface area contributed by atoms with Crippen LogP contribution >= 0.6 is 0 Å². The van der Waals surface area contributed by atoms with E-state index in [1.165, 1.54) is 4.90 Å². The number of amides is 1. The fraction of sp³-hybridized carbons (Fsp3) is 0.600. The van der Waals surface area contributed by atoms with E-state index in [1.54, 1.807) is 6.07 Å². The third-order valence-corrected chi connectivity index (χ3v) is 2.40. The lowest BCUT2D eigenvalue weighted by Gasteiger charge is -2.24. The van der Waals surface area contributed by atoms with Crippen LogP contribution in [0.15, 0.2) is 0 Å². The van der Waals surface area contributed by atoms with Gasteiger partial charge >= 0.3 is 17.8 Å². The number of ether oxygens (including phenoxy) is 1. The highest BCUT2D eigenvalue weighted by Gasteiger charge is 2.27. The summed E-state index contributed by atoms with van der Waals surface area (Å²) in [5.74, 6) is -1.08. The van der Waals surface area contributed by atoms with E-state index >= 15 is 0 Å². The topological polar surface area (TPSA) is 107 Å². The van der Waals surface area contributed by atoms with Gasteiger partial charge < -0.3 is 15.2 Å². The summed E-state index contributed by atoms with van der Waals surface area (Å²) >= 11 is 0. The van der Waals surface area contributed by atoms with E-state index in [4.69, 9.17) is 10.8 Å². The lowest BCUT2D eigenvalue weighted by atomic mass is 10.1. The van der Waals surface area contributed by atoms with E-state index in [1.807, 2.05) is 0 Å².